The number of hydrogen-bond acceptors (Lipinski definition) is 2. The third kappa shape index (κ3) is 4.01. The van der Waals surface area contributed by atoms with E-state index in [0.29, 0.717) is 13.1 Å². The molecule has 1 aliphatic heterocycles. The summed E-state index contributed by atoms with van der Waals surface area (Å²) in [5.74, 6) is 0. The number of halogens is 3. The molecule has 1 aromatic rings. The largest absolute Gasteiger partial charge is 0.416 e. The Labute approximate surface area is 130 Å². The maximum atomic E-state index is 12.9. The molecule has 22 heavy (non-hydrogen) atoms. The molecule has 0 amide bonds. The van der Waals surface area contributed by atoms with E-state index in [1.165, 1.54) is 17.3 Å². The molecule has 2 rings (SSSR count). The fourth-order valence-corrected chi connectivity index (χ4v) is 4.21. The van der Waals surface area contributed by atoms with Crippen molar-refractivity contribution in [1.29, 1.82) is 0 Å². The molecule has 0 aromatic heterocycles. The molecule has 0 saturated carbocycles. The van der Waals surface area contributed by atoms with Crippen LogP contribution in [0.5, 0.6) is 0 Å². The predicted molar refractivity (Wildman–Crippen MR) is 80.1 cm³/mol. The van der Waals surface area contributed by atoms with Crippen LogP contribution in [0.15, 0.2) is 23.1 Å². The summed E-state index contributed by atoms with van der Waals surface area (Å²) < 4.78 is 64.7. The minimum absolute atomic E-state index is 0.231. The molecule has 0 bridgehead atoms. The van der Waals surface area contributed by atoms with Crippen LogP contribution in [0.2, 0.25) is 0 Å². The van der Waals surface area contributed by atoms with Crippen LogP contribution in [0.25, 0.3) is 0 Å². The van der Waals surface area contributed by atoms with Gasteiger partial charge in [-0.1, -0.05) is 26.3 Å². The second-order valence-electron chi connectivity index (χ2n) is 4.89. The zero-order valence-electron chi connectivity index (χ0n) is 13.1. The Morgan fingerprint density at radius 3 is 2.09 bits per heavy atom. The molecule has 0 atom stereocenters. The highest BCUT2D eigenvalue weighted by molar-refractivity contribution is 7.89. The SMILES string of the molecule is CC.Cc1c(C(F)(F)F)cccc1S(=O)(=O)N1CCCCC1. The molecule has 1 aliphatic rings. The topological polar surface area (TPSA) is 37.4 Å². The van der Waals surface area contributed by atoms with Crippen LogP contribution in [0, 0.1) is 6.92 Å². The number of nitrogens with zero attached hydrogens (tertiary/aromatic N) is 1. The van der Waals surface area contributed by atoms with Crippen molar-refractivity contribution in [2.45, 2.75) is 51.1 Å². The molecule has 1 saturated heterocycles. The van der Waals surface area contributed by atoms with Crippen LogP contribution < -0.4 is 0 Å². The van der Waals surface area contributed by atoms with Crippen LogP contribution in [0.1, 0.15) is 44.2 Å². The molecule has 3 nitrogen and oxygen atoms in total. The number of benzene rings is 1. The fourth-order valence-electron chi connectivity index (χ4n) is 2.45. The van der Waals surface area contributed by atoms with Gasteiger partial charge in [-0.15, -0.1) is 0 Å². The molecule has 1 aromatic carbocycles. The van der Waals surface area contributed by atoms with E-state index in [4.69, 9.17) is 0 Å². The van der Waals surface area contributed by atoms with E-state index in [2.05, 4.69) is 0 Å². The van der Waals surface area contributed by atoms with Gasteiger partial charge in [0.05, 0.1) is 10.5 Å². The Hall–Kier alpha value is -1.08. The zero-order valence-corrected chi connectivity index (χ0v) is 13.9. The Bertz CT molecular complexity index is 591. The van der Waals surface area contributed by atoms with Crippen LogP contribution in [-0.2, 0) is 16.2 Å². The summed E-state index contributed by atoms with van der Waals surface area (Å²) in [7, 11) is -3.84. The molecular formula is C15H22F3NO2S. The number of rotatable bonds is 2. The second kappa shape index (κ2) is 7.46. The summed E-state index contributed by atoms with van der Waals surface area (Å²) in [6.07, 6.45) is -2.10. The monoisotopic (exact) mass is 337 g/mol. The van der Waals surface area contributed by atoms with Crippen LogP contribution in [0.3, 0.4) is 0 Å². The molecule has 0 N–H and O–H groups in total. The van der Waals surface area contributed by atoms with E-state index in [0.717, 1.165) is 31.4 Å². The Morgan fingerprint density at radius 2 is 1.59 bits per heavy atom. The molecule has 0 radical (unpaired) electrons. The molecule has 0 aliphatic carbocycles. The van der Waals surface area contributed by atoms with Crippen molar-refractivity contribution < 1.29 is 21.6 Å². The van der Waals surface area contributed by atoms with Crippen molar-refractivity contribution in [2.75, 3.05) is 13.1 Å². The molecule has 7 heteroatoms. The van der Waals surface area contributed by atoms with Gasteiger partial charge in [0.1, 0.15) is 0 Å². The van der Waals surface area contributed by atoms with E-state index in [-0.39, 0.29) is 10.5 Å². The summed E-state index contributed by atoms with van der Waals surface area (Å²) in [4.78, 5) is -0.241. The summed E-state index contributed by atoms with van der Waals surface area (Å²) in [5.41, 5.74) is -1.12. The molecule has 0 unspecified atom stereocenters. The lowest BCUT2D eigenvalue weighted by Crippen LogP contribution is -2.36. The first kappa shape index (κ1) is 19.0. The number of piperidine rings is 1. The van der Waals surface area contributed by atoms with Crippen molar-refractivity contribution >= 4 is 10.0 Å². The highest BCUT2D eigenvalue weighted by Gasteiger charge is 2.36. The van der Waals surface area contributed by atoms with E-state index < -0.39 is 21.8 Å². The number of alkyl halides is 3. The maximum absolute atomic E-state index is 12.9. The van der Waals surface area contributed by atoms with E-state index in [9.17, 15) is 21.6 Å². The second-order valence-corrected chi connectivity index (χ2v) is 6.80. The van der Waals surface area contributed by atoms with Gasteiger partial charge in [0.15, 0.2) is 0 Å². The summed E-state index contributed by atoms with van der Waals surface area (Å²) in [6, 6.07) is 3.30. The first-order valence-electron chi connectivity index (χ1n) is 7.41. The summed E-state index contributed by atoms with van der Waals surface area (Å²) in [6.45, 7) is 5.95. The number of sulfonamides is 1. The quantitative estimate of drug-likeness (QED) is 0.810. The van der Waals surface area contributed by atoms with Crippen molar-refractivity contribution in [2.24, 2.45) is 0 Å². The van der Waals surface area contributed by atoms with Gasteiger partial charge in [-0.3, -0.25) is 0 Å². The molecule has 1 fully saturated rings. The van der Waals surface area contributed by atoms with Gasteiger partial charge in [0.2, 0.25) is 10.0 Å². The molecule has 1 heterocycles. The first-order valence-corrected chi connectivity index (χ1v) is 8.85. The van der Waals surface area contributed by atoms with Gasteiger partial charge < -0.3 is 0 Å². The van der Waals surface area contributed by atoms with Gasteiger partial charge in [-0.25, -0.2) is 8.42 Å². The fraction of sp³-hybridized carbons (Fsp3) is 0.600. The average molecular weight is 337 g/mol. The van der Waals surface area contributed by atoms with Crippen molar-refractivity contribution in [1.82, 2.24) is 4.31 Å². The van der Waals surface area contributed by atoms with E-state index >= 15 is 0 Å². The lowest BCUT2D eigenvalue weighted by atomic mass is 10.1. The predicted octanol–water partition coefficient (Wildman–Crippen LogP) is 4.21. The molecule has 0 spiro atoms. The van der Waals surface area contributed by atoms with Crippen molar-refractivity contribution in [3.8, 4) is 0 Å². The highest BCUT2D eigenvalue weighted by atomic mass is 32.2. The number of hydrogen-bond donors (Lipinski definition) is 0. The van der Waals surface area contributed by atoms with Gasteiger partial charge in [0, 0.05) is 13.1 Å². The smallest absolute Gasteiger partial charge is 0.207 e. The van der Waals surface area contributed by atoms with Crippen molar-refractivity contribution in [3.63, 3.8) is 0 Å². The minimum atomic E-state index is -4.54. The third-order valence-corrected chi connectivity index (χ3v) is 5.57. The van der Waals surface area contributed by atoms with Gasteiger partial charge in [0.25, 0.3) is 0 Å². The third-order valence-electron chi connectivity index (χ3n) is 3.52. The first-order chi connectivity index (χ1) is 10.2. The minimum Gasteiger partial charge on any atom is -0.207 e. The Morgan fingerprint density at radius 1 is 1.05 bits per heavy atom. The van der Waals surface area contributed by atoms with E-state index in [1.54, 1.807) is 0 Å². The Balaban J connectivity index is 0.00000116. The highest BCUT2D eigenvalue weighted by Crippen LogP contribution is 2.35. The van der Waals surface area contributed by atoms with Gasteiger partial charge >= 0.3 is 6.18 Å². The van der Waals surface area contributed by atoms with Crippen molar-refractivity contribution in [3.05, 3.63) is 29.3 Å². The Kier molecular flexibility index (Phi) is 6.43. The standard InChI is InChI=1S/C13H16F3NO2S.C2H6/c1-10-11(13(14,15)16)6-5-7-12(10)20(18,19)17-8-3-2-4-9-17;1-2/h5-7H,2-4,8-9H2,1H3;1-2H3. The lowest BCUT2D eigenvalue weighted by Gasteiger charge is -2.27. The lowest BCUT2D eigenvalue weighted by molar-refractivity contribution is -0.138. The molecule has 126 valence electrons. The maximum Gasteiger partial charge on any atom is 0.416 e. The van der Waals surface area contributed by atoms with E-state index in [1.807, 2.05) is 13.8 Å². The zero-order chi connectivity index (χ0) is 17.0. The van der Waals surface area contributed by atoms with Gasteiger partial charge in [-0.05, 0) is 37.5 Å². The normalized spacial score (nSPS) is 16.8. The van der Waals surface area contributed by atoms with Crippen LogP contribution in [0.4, 0.5) is 13.2 Å². The molecular weight excluding hydrogens is 315 g/mol. The van der Waals surface area contributed by atoms with Gasteiger partial charge in [-0.2, -0.15) is 17.5 Å². The summed E-state index contributed by atoms with van der Waals surface area (Å²) >= 11 is 0. The van der Waals surface area contributed by atoms with Crippen LogP contribution >= 0.6 is 0 Å². The van der Waals surface area contributed by atoms with Crippen LogP contribution in [-0.4, -0.2) is 25.8 Å². The summed E-state index contributed by atoms with van der Waals surface area (Å²) in [5, 5.41) is 0. The average Bonchev–Trinajstić information content (AvgIpc) is 2.49.